The second-order valence-electron chi connectivity index (χ2n) is 9.67. The standard InChI is InChI=1S/C30H27N3O5/c1-30(35,22-6-3-2-4-7-22)13-11-20-9-10-24-21(16-20)12-15-33-25(24)17-27(32-29(33)34)36-18-23-19-37-28-26(38-23)8-5-14-31-28/h3,5-10,14,16-17,23,35H,2,4,12,15,18-19H2,1H3. The Labute approximate surface area is 220 Å². The van der Waals surface area contributed by atoms with Crippen molar-refractivity contribution in [3.63, 3.8) is 0 Å². The average Bonchev–Trinajstić information content (AvgIpc) is 2.95. The highest BCUT2D eigenvalue weighted by molar-refractivity contribution is 5.68. The van der Waals surface area contributed by atoms with Crippen LogP contribution in [0.5, 0.6) is 17.5 Å². The highest BCUT2D eigenvalue weighted by Gasteiger charge is 2.25. The van der Waals surface area contributed by atoms with Gasteiger partial charge in [0.05, 0.1) is 5.69 Å². The molecular weight excluding hydrogens is 482 g/mol. The number of ether oxygens (including phenoxy) is 3. The summed E-state index contributed by atoms with van der Waals surface area (Å²) in [7, 11) is 0. The van der Waals surface area contributed by atoms with E-state index in [4.69, 9.17) is 14.2 Å². The smallest absolute Gasteiger partial charge is 0.351 e. The lowest BCUT2D eigenvalue weighted by Gasteiger charge is -2.25. The molecule has 1 aromatic carbocycles. The van der Waals surface area contributed by atoms with Gasteiger partial charge in [0.25, 0.3) is 5.88 Å². The Hall–Kier alpha value is -4.35. The molecule has 3 aromatic rings. The SMILES string of the molecule is CC(O)(C#Cc1ccc2c(c1)CCn1c-2cc(OCC2COc3ncccc3O2)nc1=O)C1=CCCC=C1. The molecule has 8 heteroatoms. The molecule has 0 amide bonds. The number of aromatic nitrogens is 3. The maximum Gasteiger partial charge on any atom is 0.351 e. The van der Waals surface area contributed by atoms with Gasteiger partial charge in [-0.25, -0.2) is 9.78 Å². The Morgan fingerprint density at radius 2 is 2.18 bits per heavy atom. The van der Waals surface area contributed by atoms with Crippen molar-refractivity contribution < 1.29 is 19.3 Å². The van der Waals surface area contributed by atoms with E-state index in [1.54, 1.807) is 35.9 Å². The van der Waals surface area contributed by atoms with Gasteiger partial charge in [0.2, 0.25) is 5.88 Å². The number of nitrogens with zero attached hydrogens (tertiary/aromatic N) is 3. The lowest BCUT2D eigenvalue weighted by molar-refractivity contribution is 0.0486. The van der Waals surface area contributed by atoms with Crippen molar-refractivity contribution in [1.29, 1.82) is 0 Å². The quantitative estimate of drug-likeness (QED) is 0.538. The third kappa shape index (κ3) is 4.81. The van der Waals surface area contributed by atoms with Gasteiger partial charge in [-0.2, -0.15) is 4.98 Å². The van der Waals surface area contributed by atoms with Crippen LogP contribution in [0.25, 0.3) is 11.3 Å². The van der Waals surface area contributed by atoms with E-state index in [1.807, 2.05) is 30.4 Å². The van der Waals surface area contributed by atoms with E-state index in [0.717, 1.165) is 40.8 Å². The summed E-state index contributed by atoms with van der Waals surface area (Å²) < 4.78 is 19.1. The van der Waals surface area contributed by atoms with E-state index in [-0.39, 0.29) is 24.3 Å². The summed E-state index contributed by atoms with van der Waals surface area (Å²) in [4.78, 5) is 21.0. The van der Waals surface area contributed by atoms with Gasteiger partial charge >= 0.3 is 5.69 Å². The third-order valence-electron chi connectivity index (χ3n) is 6.83. The maximum atomic E-state index is 12.8. The second-order valence-corrected chi connectivity index (χ2v) is 9.67. The highest BCUT2D eigenvalue weighted by atomic mass is 16.6. The molecule has 0 fully saturated rings. The Balaban J connectivity index is 1.21. The Bertz CT molecular complexity index is 1570. The summed E-state index contributed by atoms with van der Waals surface area (Å²) >= 11 is 0. The molecule has 2 atom stereocenters. The van der Waals surface area contributed by atoms with Gasteiger partial charge < -0.3 is 19.3 Å². The van der Waals surface area contributed by atoms with Crippen molar-refractivity contribution in [2.75, 3.05) is 13.2 Å². The topological polar surface area (TPSA) is 95.7 Å². The molecule has 192 valence electrons. The minimum atomic E-state index is -1.21. The number of hydrogen-bond donors (Lipinski definition) is 1. The molecule has 0 saturated carbocycles. The molecule has 2 aliphatic heterocycles. The summed E-state index contributed by atoms with van der Waals surface area (Å²) in [5.74, 6) is 7.41. The minimum Gasteiger partial charge on any atom is -0.478 e. The molecule has 0 saturated heterocycles. The fourth-order valence-corrected chi connectivity index (χ4v) is 4.82. The van der Waals surface area contributed by atoms with Gasteiger partial charge in [-0.3, -0.25) is 4.57 Å². The number of allylic oxidation sites excluding steroid dienone is 2. The third-order valence-corrected chi connectivity index (χ3v) is 6.83. The number of benzene rings is 1. The molecule has 0 radical (unpaired) electrons. The van der Waals surface area contributed by atoms with Crippen LogP contribution < -0.4 is 19.9 Å². The second kappa shape index (κ2) is 9.84. The number of aryl methyl sites for hydroxylation is 1. The van der Waals surface area contributed by atoms with Gasteiger partial charge in [0.15, 0.2) is 11.9 Å². The van der Waals surface area contributed by atoms with Gasteiger partial charge in [-0.1, -0.05) is 36.1 Å². The van der Waals surface area contributed by atoms with Crippen molar-refractivity contribution in [3.05, 3.63) is 88.0 Å². The van der Waals surface area contributed by atoms with E-state index < -0.39 is 5.60 Å². The zero-order valence-corrected chi connectivity index (χ0v) is 21.0. The first-order valence-electron chi connectivity index (χ1n) is 12.7. The van der Waals surface area contributed by atoms with Crippen LogP contribution in [0.4, 0.5) is 0 Å². The molecule has 2 aromatic heterocycles. The summed E-state index contributed by atoms with van der Waals surface area (Å²) in [6.45, 7) is 2.71. The number of fused-ring (bicyclic) bond motifs is 4. The number of hydrogen-bond acceptors (Lipinski definition) is 7. The molecule has 2 unspecified atom stereocenters. The van der Waals surface area contributed by atoms with Crippen LogP contribution in [0.3, 0.4) is 0 Å². The van der Waals surface area contributed by atoms with Crippen molar-refractivity contribution in [1.82, 2.24) is 14.5 Å². The number of rotatable bonds is 4. The summed E-state index contributed by atoms with van der Waals surface area (Å²) in [6.07, 6.45) is 9.91. The zero-order valence-electron chi connectivity index (χ0n) is 21.0. The summed E-state index contributed by atoms with van der Waals surface area (Å²) in [6, 6.07) is 11.3. The molecule has 0 bridgehead atoms. The lowest BCUT2D eigenvalue weighted by Crippen LogP contribution is -2.35. The van der Waals surface area contributed by atoms with Crippen LogP contribution in [-0.4, -0.2) is 44.6 Å². The summed E-state index contributed by atoms with van der Waals surface area (Å²) in [5, 5.41) is 10.9. The van der Waals surface area contributed by atoms with E-state index in [9.17, 15) is 9.90 Å². The Morgan fingerprint density at radius 1 is 1.26 bits per heavy atom. The van der Waals surface area contributed by atoms with Gasteiger partial charge in [0, 0.05) is 29.9 Å². The van der Waals surface area contributed by atoms with Crippen LogP contribution >= 0.6 is 0 Å². The molecule has 1 N–H and O–H groups in total. The van der Waals surface area contributed by atoms with E-state index in [1.165, 1.54) is 0 Å². The van der Waals surface area contributed by atoms with Crippen LogP contribution in [0, 0.1) is 11.8 Å². The fourth-order valence-electron chi connectivity index (χ4n) is 4.82. The van der Waals surface area contributed by atoms with Crippen molar-refractivity contribution in [3.8, 4) is 40.6 Å². The van der Waals surface area contributed by atoms with E-state index in [0.29, 0.717) is 31.2 Å². The first kappa shape index (κ1) is 24.0. The molecule has 1 aliphatic carbocycles. The summed E-state index contributed by atoms with van der Waals surface area (Å²) in [5.41, 5.74) is 2.85. The fraction of sp³-hybridized carbons (Fsp3) is 0.300. The van der Waals surface area contributed by atoms with Crippen LogP contribution in [0.2, 0.25) is 0 Å². The normalized spacial score (nSPS) is 18.7. The molecule has 0 spiro atoms. The van der Waals surface area contributed by atoms with Crippen molar-refractivity contribution in [2.45, 2.75) is 44.4 Å². The highest BCUT2D eigenvalue weighted by Crippen LogP contribution is 2.31. The average molecular weight is 510 g/mol. The van der Waals surface area contributed by atoms with Crippen LogP contribution in [-0.2, 0) is 13.0 Å². The largest absolute Gasteiger partial charge is 0.478 e. The predicted molar refractivity (Wildman–Crippen MR) is 141 cm³/mol. The van der Waals surface area contributed by atoms with Gasteiger partial charge in [-0.05, 0) is 61.6 Å². The molecular formula is C30H27N3O5. The zero-order chi connectivity index (χ0) is 26.1. The van der Waals surface area contributed by atoms with Gasteiger partial charge in [-0.15, -0.1) is 0 Å². The predicted octanol–water partition coefficient (Wildman–Crippen LogP) is 3.46. The number of pyridine rings is 1. The van der Waals surface area contributed by atoms with Crippen molar-refractivity contribution >= 4 is 0 Å². The monoisotopic (exact) mass is 509 g/mol. The first-order chi connectivity index (χ1) is 18.5. The first-order valence-corrected chi connectivity index (χ1v) is 12.7. The van der Waals surface area contributed by atoms with E-state index in [2.05, 4.69) is 27.9 Å². The molecule has 6 rings (SSSR count). The van der Waals surface area contributed by atoms with Crippen molar-refractivity contribution in [2.24, 2.45) is 0 Å². The van der Waals surface area contributed by atoms with Crippen LogP contribution in [0.1, 0.15) is 30.9 Å². The van der Waals surface area contributed by atoms with Gasteiger partial charge in [0.1, 0.15) is 18.8 Å². The Morgan fingerprint density at radius 3 is 3.05 bits per heavy atom. The van der Waals surface area contributed by atoms with E-state index >= 15 is 0 Å². The number of aliphatic hydroxyl groups is 1. The minimum absolute atomic E-state index is 0.178. The maximum absolute atomic E-state index is 12.8. The molecule has 38 heavy (non-hydrogen) atoms. The molecule has 3 aliphatic rings. The molecule has 4 heterocycles. The molecule has 8 nitrogen and oxygen atoms in total. The Kier molecular flexibility index (Phi) is 6.22. The van der Waals surface area contributed by atoms with Crippen LogP contribution in [0.15, 0.2) is 71.2 Å². The lowest BCUT2D eigenvalue weighted by atomic mass is 9.91.